The first kappa shape index (κ1) is 18.5. The van der Waals surface area contributed by atoms with E-state index in [1.54, 1.807) is 0 Å². The molecule has 0 N–H and O–H groups in total. The van der Waals surface area contributed by atoms with Gasteiger partial charge in [0.25, 0.3) is 0 Å². The van der Waals surface area contributed by atoms with Crippen LogP contribution in [0.15, 0.2) is 71.8 Å². The van der Waals surface area contributed by atoms with Crippen molar-refractivity contribution >= 4 is 21.5 Å². The van der Waals surface area contributed by atoms with E-state index in [0.29, 0.717) is 11.8 Å². The summed E-state index contributed by atoms with van der Waals surface area (Å²) in [5, 5.41) is 5.56. The molecule has 0 aliphatic carbocycles. The minimum absolute atomic E-state index is 0.391. The molecule has 0 spiro atoms. The van der Waals surface area contributed by atoms with Crippen LogP contribution in [0.1, 0.15) is 64.5 Å². The fourth-order valence-electron chi connectivity index (χ4n) is 4.34. The molecule has 2 unspecified atom stereocenters. The molecule has 0 aliphatic heterocycles. The van der Waals surface area contributed by atoms with Crippen LogP contribution in [0.4, 0.5) is 0 Å². The van der Waals surface area contributed by atoms with Gasteiger partial charge < -0.3 is 0 Å². The molecular weight excluding hydrogens is 312 g/mol. The quantitative estimate of drug-likeness (QED) is 0.331. The third-order valence-electron chi connectivity index (χ3n) is 5.09. The lowest BCUT2D eigenvalue weighted by atomic mass is 9.82. The van der Waals surface area contributed by atoms with Crippen molar-refractivity contribution in [2.45, 2.75) is 53.4 Å². The summed E-state index contributed by atoms with van der Waals surface area (Å²) in [7, 11) is 0. The fourth-order valence-corrected chi connectivity index (χ4v) is 4.34. The third kappa shape index (κ3) is 3.46. The van der Waals surface area contributed by atoms with Gasteiger partial charge in [-0.05, 0) is 60.4 Å². The van der Waals surface area contributed by atoms with Gasteiger partial charge in [-0.15, -0.1) is 0 Å². The maximum absolute atomic E-state index is 2.38. The lowest BCUT2D eigenvalue weighted by molar-refractivity contribution is 0.960. The van der Waals surface area contributed by atoms with Crippen molar-refractivity contribution in [3.63, 3.8) is 0 Å². The molecule has 3 rings (SSSR count). The van der Waals surface area contributed by atoms with Crippen LogP contribution in [0.25, 0.3) is 21.5 Å². The van der Waals surface area contributed by atoms with Crippen LogP contribution in [0.3, 0.4) is 0 Å². The van der Waals surface area contributed by atoms with Gasteiger partial charge in [0.2, 0.25) is 0 Å². The van der Waals surface area contributed by atoms with Crippen LogP contribution in [0.5, 0.6) is 0 Å². The molecule has 134 valence electrons. The first-order valence-corrected chi connectivity index (χ1v) is 9.63. The summed E-state index contributed by atoms with van der Waals surface area (Å²) in [6, 6.07) is 17.9. The molecule has 0 heterocycles. The van der Waals surface area contributed by atoms with Crippen molar-refractivity contribution in [3.05, 3.63) is 83.0 Å². The SMILES string of the molecule is CC(C)=CC(C)c1c2ccccc2c(C(C)C=C(C)C)c2ccccc12. The molecule has 26 heavy (non-hydrogen) atoms. The Morgan fingerprint density at radius 1 is 0.577 bits per heavy atom. The molecule has 0 bridgehead atoms. The van der Waals surface area contributed by atoms with E-state index in [-0.39, 0.29) is 0 Å². The van der Waals surface area contributed by atoms with Gasteiger partial charge in [0.1, 0.15) is 0 Å². The molecule has 0 amide bonds. The summed E-state index contributed by atoms with van der Waals surface area (Å²) in [6.45, 7) is 13.4. The molecule has 3 aromatic rings. The second kappa shape index (κ2) is 7.50. The predicted octanol–water partition coefficient (Wildman–Crippen LogP) is 8.13. The van der Waals surface area contributed by atoms with Crippen LogP contribution >= 0.6 is 0 Å². The Balaban J connectivity index is 2.47. The molecule has 0 saturated heterocycles. The van der Waals surface area contributed by atoms with Gasteiger partial charge in [0.05, 0.1) is 0 Å². The summed E-state index contributed by atoms with van der Waals surface area (Å²) in [6.07, 6.45) is 4.76. The number of allylic oxidation sites excluding steroid dienone is 4. The van der Waals surface area contributed by atoms with Crippen molar-refractivity contribution < 1.29 is 0 Å². The van der Waals surface area contributed by atoms with E-state index in [0.717, 1.165) is 0 Å². The van der Waals surface area contributed by atoms with E-state index in [1.807, 2.05) is 0 Å². The number of hydrogen-bond acceptors (Lipinski definition) is 0. The topological polar surface area (TPSA) is 0 Å². The highest BCUT2D eigenvalue weighted by Gasteiger charge is 2.18. The minimum Gasteiger partial charge on any atom is -0.0798 e. The van der Waals surface area contributed by atoms with E-state index in [1.165, 1.54) is 43.8 Å². The molecule has 2 atom stereocenters. The van der Waals surface area contributed by atoms with Gasteiger partial charge in [-0.3, -0.25) is 0 Å². The second-order valence-corrected chi connectivity index (χ2v) is 7.98. The van der Waals surface area contributed by atoms with Gasteiger partial charge >= 0.3 is 0 Å². The smallest absolute Gasteiger partial charge is 0.000435 e. The van der Waals surface area contributed by atoms with E-state index < -0.39 is 0 Å². The van der Waals surface area contributed by atoms with Crippen molar-refractivity contribution in [1.29, 1.82) is 0 Å². The molecule has 0 heteroatoms. The molecule has 0 nitrogen and oxygen atoms in total. The number of fused-ring (bicyclic) bond motifs is 2. The summed E-state index contributed by atoms with van der Waals surface area (Å²) >= 11 is 0. The molecule has 0 saturated carbocycles. The standard InChI is InChI=1S/C26H30/c1-17(2)15-19(5)25-21-11-7-9-13-23(21)26(20(6)16-18(3)4)24-14-10-8-12-22(24)25/h7-16,19-20H,1-6H3. The van der Waals surface area contributed by atoms with E-state index in [2.05, 4.69) is 102 Å². The van der Waals surface area contributed by atoms with Gasteiger partial charge in [0, 0.05) is 11.8 Å². The van der Waals surface area contributed by atoms with Crippen molar-refractivity contribution in [2.75, 3.05) is 0 Å². The molecule has 3 aromatic carbocycles. The lowest BCUT2D eigenvalue weighted by Gasteiger charge is -2.22. The average molecular weight is 343 g/mol. The summed E-state index contributed by atoms with van der Waals surface area (Å²) in [5.74, 6) is 0.783. The normalized spacial score (nSPS) is 13.5. The van der Waals surface area contributed by atoms with E-state index >= 15 is 0 Å². The van der Waals surface area contributed by atoms with Crippen molar-refractivity contribution in [2.24, 2.45) is 0 Å². The Labute approximate surface area is 158 Å². The fraction of sp³-hybridized carbons (Fsp3) is 0.308. The highest BCUT2D eigenvalue weighted by molar-refractivity contribution is 6.07. The monoisotopic (exact) mass is 342 g/mol. The van der Waals surface area contributed by atoms with Gasteiger partial charge in [0.15, 0.2) is 0 Å². The summed E-state index contributed by atoms with van der Waals surface area (Å²) in [5.41, 5.74) is 5.64. The molecular formula is C26H30. The van der Waals surface area contributed by atoms with Crippen LogP contribution in [0, 0.1) is 0 Å². The lowest BCUT2D eigenvalue weighted by Crippen LogP contribution is -2.01. The van der Waals surface area contributed by atoms with Gasteiger partial charge in [-0.25, -0.2) is 0 Å². The summed E-state index contributed by atoms with van der Waals surface area (Å²) in [4.78, 5) is 0. The molecule has 0 aromatic heterocycles. The molecule has 0 radical (unpaired) electrons. The zero-order valence-corrected chi connectivity index (χ0v) is 16.9. The van der Waals surface area contributed by atoms with Crippen LogP contribution in [-0.4, -0.2) is 0 Å². The Hall–Kier alpha value is -2.34. The largest absolute Gasteiger partial charge is 0.0798 e. The van der Waals surface area contributed by atoms with E-state index in [4.69, 9.17) is 0 Å². The predicted molar refractivity (Wildman–Crippen MR) is 117 cm³/mol. The van der Waals surface area contributed by atoms with Crippen LogP contribution in [-0.2, 0) is 0 Å². The molecule has 0 fully saturated rings. The van der Waals surface area contributed by atoms with Crippen molar-refractivity contribution in [3.8, 4) is 0 Å². The maximum atomic E-state index is 2.38. The van der Waals surface area contributed by atoms with Crippen LogP contribution in [0.2, 0.25) is 0 Å². The van der Waals surface area contributed by atoms with Gasteiger partial charge in [-0.2, -0.15) is 0 Å². The zero-order chi connectivity index (χ0) is 18.8. The molecule has 0 aliphatic rings. The summed E-state index contributed by atoms with van der Waals surface area (Å²) < 4.78 is 0. The van der Waals surface area contributed by atoms with Crippen molar-refractivity contribution in [1.82, 2.24) is 0 Å². The number of benzene rings is 3. The second-order valence-electron chi connectivity index (χ2n) is 7.98. The third-order valence-corrected chi connectivity index (χ3v) is 5.09. The van der Waals surface area contributed by atoms with E-state index in [9.17, 15) is 0 Å². The number of hydrogen-bond donors (Lipinski definition) is 0. The number of rotatable bonds is 4. The Kier molecular flexibility index (Phi) is 5.32. The van der Waals surface area contributed by atoms with Gasteiger partial charge in [-0.1, -0.05) is 85.7 Å². The van der Waals surface area contributed by atoms with Crippen LogP contribution < -0.4 is 0 Å². The highest BCUT2D eigenvalue weighted by atomic mass is 14.2. The Morgan fingerprint density at radius 3 is 1.08 bits per heavy atom. The first-order chi connectivity index (χ1) is 12.4. The first-order valence-electron chi connectivity index (χ1n) is 9.63. The zero-order valence-electron chi connectivity index (χ0n) is 16.9. The Bertz CT molecular complexity index is 854. The average Bonchev–Trinajstić information content (AvgIpc) is 2.57. The minimum atomic E-state index is 0.391. The Morgan fingerprint density at radius 2 is 0.846 bits per heavy atom. The highest BCUT2D eigenvalue weighted by Crippen LogP contribution is 2.41. The maximum Gasteiger partial charge on any atom is 0.000435 e.